The van der Waals surface area contributed by atoms with Gasteiger partial charge in [-0.1, -0.05) is 0 Å². The fourth-order valence-corrected chi connectivity index (χ4v) is 3.32. The van der Waals surface area contributed by atoms with Crippen molar-refractivity contribution in [3.63, 3.8) is 0 Å². The largest absolute Gasteiger partial charge is 0.306 e. The summed E-state index contributed by atoms with van der Waals surface area (Å²) in [6, 6.07) is 0. The molecule has 0 N–H and O–H groups in total. The van der Waals surface area contributed by atoms with E-state index in [1.54, 1.807) is 0 Å². The maximum Gasteiger partial charge on any atom is 0.0251 e. The predicted octanol–water partition coefficient (Wildman–Crippen LogP) is 2.74. The van der Waals surface area contributed by atoms with Gasteiger partial charge >= 0.3 is 0 Å². The van der Waals surface area contributed by atoms with Crippen LogP contribution in [0.15, 0.2) is 0 Å². The lowest BCUT2D eigenvalue weighted by Crippen LogP contribution is -2.30. The van der Waals surface area contributed by atoms with Crippen molar-refractivity contribution in [2.45, 2.75) is 32.1 Å². The Balaban J connectivity index is 1.90. The summed E-state index contributed by atoms with van der Waals surface area (Å²) in [4.78, 5) is 2.49. The zero-order valence-corrected chi connectivity index (χ0v) is 9.32. The molecular weight excluding hydrogens is 182 g/mol. The first-order chi connectivity index (χ1) is 6.24. The van der Waals surface area contributed by atoms with Crippen LogP contribution in [0, 0.1) is 11.3 Å². The molecule has 1 heterocycles. The number of likely N-dealkylation sites (tertiary alicyclic amines) is 1. The van der Waals surface area contributed by atoms with Crippen LogP contribution < -0.4 is 0 Å². The van der Waals surface area contributed by atoms with E-state index in [9.17, 15) is 0 Å². The van der Waals surface area contributed by atoms with Gasteiger partial charge < -0.3 is 4.90 Å². The molecule has 2 rings (SSSR count). The standard InChI is InChI=1S/C11H20ClN/c1-13-7-6-11(9-13)4-2-10(8-12)3-5-11/h10H,2-9H2,1H3. The monoisotopic (exact) mass is 201 g/mol. The molecule has 2 fully saturated rings. The van der Waals surface area contributed by atoms with Crippen molar-refractivity contribution >= 4 is 11.6 Å². The molecule has 76 valence electrons. The molecule has 0 amide bonds. The molecule has 1 aliphatic heterocycles. The minimum atomic E-state index is 0.692. The summed E-state index contributed by atoms with van der Waals surface area (Å²) in [6.07, 6.45) is 7.02. The van der Waals surface area contributed by atoms with E-state index < -0.39 is 0 Å². The lowest BCUT2D eigenvalue weighted by atomic mass is 9.70. The van der Waals surface area contributed by atoms with Crippen molar-refractivity contribution in [3.05, 3.63) is 0 Å². The summed E-state index contributed by atoms with van der Waals surface area (Å²) < 4.78 is 0. The van der Waals surface area contributed by atoms with Crippen LogP contribution in [0.3, 0.4) is 0 Å². The third-order valence-corrected chi connectivity index (χ3v) is 4.45. The minimum Gasteiger partial charge on any atom is -0.306 e. The van der Waals surface area contributed by atoms with E-state index >= 15 is 0 Å². The first-order valence-corrected chi connectivity index (χ1v) is 6.02. The highest BCUT2D eigenvalue weighted by Crippen LogP contribution is 2.45. The van der Waals surface area contributed by atoms with Gasteiger partial charge in [0.05, 0.1) is 0 Å². The fraction of sp³-hybridized carbons (Fsp3) is 1.00. The third-order valence-electron chi connectivity index (χ3n) is 4.01. The molecule has 0 atom stereocenters. The molecule has 1 saturated carbocycles. The molecule has 1 nitrogen and oxygen atoms in total. The average Bonchev–Trinajstić information content (AvgIpc) is 2.49. The van der Waals surface area contributed by atoms with E-state index in [4.69, 9.17) is 11.6 Å². The normalized spacial score (nSPS) is 41.5. The molecular formula is C11H20ClN. The first kappa shape index (κ1) is 9.79. The van der Waals surface area contributed by atoms with Gasteiger partial charge in [-0.2, -0.15) is 0 Å². The number of halogens is 1. The second-order valence-electron chi connectivity index (χ2n) is 5.09. The van der Waals surface area contributed by atoms with Gasteiger partial charge in [0, 0.05) is 12.4 Å². The van der Waals surface area contributed by atoms with E-state index in [0.717, 1.165) is 11.8 Å². The smallest absolute Gasteiger partial charge is 0.0251 e. The zero-order valence-electron chi connectivity index (χ0n) is 8.56. The maximum atomic E-state index is 5.89. The highest BCUT2D eigenvalue weighted by Gasteiger charge is 2.39. The third kappa shape index (κ3) is 2.02. The molecule has 0 unspecified atom stereocenters. The number of rotatable bonds is 1. The minimum absolute atomic E-state index is 0.692. The number of hydrogen-bond donors (Lipinski definition) is 0. The molecule has 1 aliphatic carbocycles. The van der Waals surface area contributed by atoms with Gasteiger partial charge in [-0.25, -0.2) is 0 Å². The van der Waals surface area contributed by atoms with Gasteiger partial charge in [-0.3, -0.25) is 0 Å². The van der Waals surface area contributed by atoms with Gasteiger partial charge in [0.25, 0.3) is 0 Å². The van der Waals surface area contributed by atoms with Gasteiger partial charge in [0.2, 0.25) is 0 Å². The van der Waals surface area contributed by atoms with Crippen LogP contribution in [0.5, 0.6) is 0 Å². The van der Waals surface area contributed by atoms with Crippen LogP contribution in [-0.4, -0.2) is 30.9 Å². The lowest BCUT2D eigenvalue weighted by Gasteiger charge is -2.36. The van der Waals surface area contributed by atoms with Crippen molar-refractivity contribution in [2.24, 2.45) is 11.3 Å². The van der Waals surface area contributed by atoms with Crippen molar-refractivity contribution < 1.29 is 0 Å². The van der Waals surface area contributed by atoms with E-state index in [-0.39, 0.29) is 0 Å². The van der Waals surface area contributed by atoms with Gasteiger partial charge in [0.15, 0.2) is 0 Å². The Morgan fingerprint density at radius 1 is 1.31 bits per heavy atom. The second-order valence-corrected chi connectivity index (χ2v) is 5.39. The Bertz CT molecular complexity index is 173. The molecule has 2 heteroatoms. The zero-order chi connectivity index (χ0) is 9.31. The van der Waals surface area contributed by atoms with Gasteiger partial charge in [0.1, 0.15) is 0 Å². The van der Waals surface area contributed by atoms with E-state index in [0.29, 0.717) is 5.41 Å². The Labute approximate surface area is 86.4 Å². The Kier molecular flexibility index (Phi) is 2.85. The van der Waals surface area contributed by atoms with Crippen LogP contribution >= 0.6 is 11.6 Å². The van der Waals surface area contributed by atoms with E-state index in [1.807, 2.05) is 0 Å². The second kappa shape index (κ2) is 3.78. The summed E-state index contributed by atoms with van der Waals surface area (Å²) in [5, 5.41) is 0. The first-order valence-electron chi connectivity index (χ1n) is 5.49. The molecule has 0 aromatic carbocycles. The predicted molar refractivity (Wildman–Crippen MR) is 57.2 cm³/mol. The van der Waals surface area contributed by atoms with Crippen molar-refractivity contribution in [3.8, 4) is 0 Å². The summed E-state index contributed by atoms with van der Waals surface area (Å²) in [5.41, 5.74) is 0.692. The van der Waals surface area contributed by atoms with Crippen LogP contribution in [0.4, 0.5) is 0 Å². The molecule has 0 bridgehead atoms. The summed E-state index contributed by atoms with van der Waals surface area (Å²) in [6.45, 7) is 2.65. The molecule has 0 aromatic heterocycles. The molecule has 0 aromatic rings. The topological polar surface area (TPSA) is 3.24 Å². The molecule has 1 spiro atoms. The van der Waals surface area contributed by atoms with Crippen LogP contribution in [0.25, 0.3) is 0 Å². The van der Waals surface area contributed by atoms with Crippen LogP contribution in [-0.2, 0) is 0 Å². The SMILES string of the molecule is CN1CCC2(CCC(CCl)CC2)C1. The average molecular weight is 202 g/mol. The molecule has 0 radical (unpaired) electrons. The number of nitrogens with zero attached hydrogens (tertiary/aromatic N) is 1. The van der Waals surface area contributed by atoms with Gasteiger partial charge in [-0.05, 0) is 57.0 Å². The van der Waals surface area contributed by atoms with Crippen molar-refractivity contribution in [1.29, 1.82) is 0 Å². The summed E-state index contributed by atoms with van der Waals surface area (Å²) in [5.74, 6) is 1.70. The summed E-state index contributed by atoms with van der Waals surface area (Å²) >= 11 is 5.89. The lowest BCUT2D eigenvalue weighted by molar-refractivity contribution is 0.164. The number of hydrogen-bond acceptors (Lipinski definition) is 1. The molecule has 1 saturated heterocycles. The molecule has 13 heavy (non-hydrogen) atoms. The van der Waals surface area contributed by atoms with Gasteiger partial charge in [-0.15, -0.1) is 11.6 Å². The van der Waals surface area contributed by atoms with E-state index in [2.05, 4.69) is 11.9 Å². The van der Waals surface area contributed by atoms with Crippen LogP contribution in [0.2, 0.25) is 0 Å². The maximum absolute atomic E-state index is 5.89. The fourth-order valence-electron chi connectivity index (χ4n) is 3.01. The highest BCUT2D eigenvalue weighted by molar-refractivity contribution is 6.18. The summed E-state index contributed by atoms with van der Waals surface area (Å²) in [7, 11) is 2.25. The quantitative estimate of drug-likeness (QED) is 0.590. The molecule has 2 aliphatic rings. The highest BCUT2D eigenvalue weighted by atomic mass is 35.5. The Hall–Kier alpha value is 0.250. The van der Waals surface area contributed by atoms with Crippen molar-refractivity contribution in [1.82, 2.24) is 4.90 Å². The number of alkyl halides is 1. The van der Waals surface area contributed by atoms with E-state index in [1.165, 1.54) is 45.2 Å². The Morgan fingerprint density at radius 2 is 2.00 bits per heavy atom. The Morgan fingerprint density at radius 3 is 2.46 bits per heavy atom. The van der Waals surface area contributed by atoms with Crippen LogP contribution in [0.1, 0.15) is 32.1 Å². The van der Waals surface area contributed by atoms with Crippen molar-refractivity contribution in [2.75, 3.05) is 26.0 Å².